The quantitative estimate of drug-likeness (QED) is 0.724. The van der Waals surface area contributed by atoms with Gasteiger partial charge in [-0.15, -0.1) is 0 Å². The molecule has 2 aromatic rings. The summed E-state index contributed by atoms with van der Waals surface area (Å²) < 4.78 is 0. The molecule has 0 aliphatic carbocycles. The summed E-state index contributed by atoms with van der Waals surface area (Å²) in [6, 6.07) is 17.6. The summed E-state index contributed by atoms with van der Waals surface area (Å²) in [7, 11) is 0. The van der Waals surface area contributed by atoms with Gasteiger partial charge in [0.05, 0.1) is 0 Å². The molecular formula is C20H26N3O2+. The Labute approximate surface area is 148 Å². The molecule has 132 valence electrons. The van der Waals surface area contributed by atoms with Crippen LogP contribution in [0.15, 0.2) is 54.6 Å². The first-order chi connectivity index (χ1) is 12.0. The van der Waals surface area contributed by atoms with E-state index in [0.717, 1.165) is 0 Å². The number of amides is 2. The monoisotopic (exact) mass is 340 g/mol. The molecule has 2 aromatic carbocycles. The normalized spacial score (nSPS) is 11.8. The van der Waals surface area contributed by atoms with Crippen molar-refractivity contribution in [2.75, 3.05) is 17.2 Å². The number of nitrogens with one attached hydrogen (secondary N) is 2. The third kappa shape index (κ3) is 6.04. The van der Waals surface area contributed by atoms with Gasteiger partial charge in [0.2, 0.25) is 5.91 Å². The van der Waals surface area contributed by atoms with Crippen LogP contribution < -0.4 is 16.0 Å². The van der Waals surface area contributed by atoms with Crippen molar-refractivity contribution in [2.45, 2.75) is 26.8 Å². The maximum absolute atomic E-state index is 12.2. The van der Waals surface area contributed by atoms with Gasteiger partial charge in [-0.3, -0.25) is 9.59 Å². The zero-order chi connectivity index (χ0) is 18.2. The lowest BCUT2D eigenvalue weighted by atomic mass is 9.96. The summed E-state index contributed by atoms with van der Waals surface area (Å²) in [5, 5.41) is 7.65. The molecule has 0 saturated heterocycles. The Morgan fingerprint density at radius 3 is 2.00 bits per heavy atom. The Hall–Kier alpha value is -2.66. The summed E-state index contributed by atoms with van der Waals surface area (Å²) in [6.45, 7) is 6.13. The molecule has 0 spiro atoms. The maximum atomic E-state index is 12.2. The summed E-state index contributed by atoms with van der Waals surface area (Å²) in [6.07, 6.45) is 0. The lowest BCUT2D eigenvalue weighted by Crippen LogP contribution is -2.88. The molecule has 0 radical (unpaired) electrons. The number of carbonyl (C=O) groups excluding carboxylic acids is 2. The van der Waals surface area contributed by atoms with Crippen LogP contribution in [0.5, 0.6) is 0 Å². The lowest BCUT2D eigenvalue weighted by Gasteiger charge is -2.19. The van der Waals surface area contributed by atoms with Crippen LogP contribution in [0.25, 0.3) is 0 Å². The second-order valence-electron chi connectivity index (χ2n) is 6.43. The molecule has 0 aliphatic heterocycles. The minimum Gasteiger partial charge on any atom is -0.332 e. The van der Waals surface area contributed by atoms with E-state index in [1.165, 1.54) is 12.5 Å². The number of hydrogen-bond donors (Lipinski definition) is 3. The summed E-state index contributed by atoms with van der Waals surface area (Å²) in [4.78, 5) is 23.2. The number of hydrogen-bond acceptors (Lipinski definition) is 2. The molecule has 25 heavy (non-hydrogen) atoms. The van der Waals surface area contributed by atoms with Gasteiger partial charge in [0.25, 0.3) is 5.91 Å². The standard InChI is InChI=1S/C20H25N3O2/c1-14(2)20(16-7-5-4-6-8-16)21-13-19(25)23-18-11-9-17(10-12-18)22-15(3)24/h4-12,14,20-21H,13H2,1-3H3,(H,22,24)(H,23,25)/p+1/t20-/m1/s1. The summed E-state index contributed by atoms with van der Waals surface area (Å²) in [5.41, 5.74) is 2.65. The third-order valence-corrected chi connectivity index (χ3v) is 3.95. The smallest absolute Gasteiger partial charge is 0.279 e. The van der Waals surface area contributed by atoms with Crippen LogP contribution >= 0.6 is 0 Å². The molecule has 0 aliphatic rings. The fourth-order valence-electron chi connectivity index (χ4n) is 2.75. The molecule has 0 unspecified atom stereocenters. The molecule has 0 fully saturated rings. The van der Waals surface area contributed by atoms with E-state index in [1.807, 2.05) is 18.2 Å². The Bertz CT molecular complexity index is 697. The number of benzene rings is 2. The molecule has 4 N–H and O–H groups in total. The van der Waals surface area contributed by atoms with Gasteiger partial charge in [-0.1, -0.05) is 44.2 Å². The minimum absolute atomic E-state index is 0.0474. The second kappa shape index (κ2) is 8.99. The van der Waals surface area contributed by atoms with Gasteiger partial charge in [0.1, 0.15) is 6.04 Å². The first-order valence-electron chi connectivity index (χ1n) is 8.51. The molecule has 2 amide bonds. The molecular weight excluding hydrogens is 314 g/mol. The highest BCUT2D eigenvalue weighted by Gasteiger charge is 2.20. The van der Waals surface area contributed by atoms with Gasteiger partial charge in [0.15, 0.2) is 6.54 Å². The van der Waals surface area contributed by atoms with Gasteiger partial charge in [-0.2, -0.15) is 0 Å². The fourth-order valence-corrected chi connectivity index (χ4v) is 2.75. The molecule has 0 saturated carbocycles. The first-order valence-corrected chi connectivity index (χ1v) is 8.51. The molecule has 5 nitrogen and oxygen atoms in total. The lowest BCUT2D eigenvalue weighted by molar-refractivity contribution is -0.692. The molecule has 0 aromatic heterocycles. The van der Waals surface area contributed by atoms with E-state index in [-0.39, 0.29) is 17.9 Å². The van der Waals surface area contributed by atoms with Gasteiger partial charge in [-0.05, 0) is 24.3 Å². The van der Waals surface area contributed by atoms with Crippen molar-refractivity contribution in [3.8, 4) is 0 Å². The van der Waals surface area contributed by atoms with Crippen LogP contribution in [0, 0.1) is 5.92 Å². The van der Waals surface area contributed by atoms with Crippen molar-refractivity contribution in [1.82, 2.24) is 0 Å². The predicted molar refractivity (Wildman–Crippen MR) is 100 cm³/mol. The average molecular weight is 340 g/mol. The molecule has 5 heteroatoms. The van der Waals surface area contributed by atoms with Crippen molar-refractivity contribution >= 4 is 23.2 Å². The van der Waals surface area contributed by atoms with Crippen molar-refractivity contribution in [1.29, 1.82) is 0 Å². The number of carbonyl (C=O) groups is 2. The number of anilines is 2. The van der Waals surface area contributed by atoms with Crippen LogP contribution in [0.2, 0.25) is 0 Å². The molecule has 1 atom stereocenters. The predicted octanol–water partition coefficient (Wildman–Crippen LogP) is 2.54. The topological polar surface area (TPSA) is 74.8 Å². The molecule has 0 heterocycles. The highest BCUT2D eigenvalue weighted by Crippen LogP contribution is 2.17. The Kier molecular flexibility index (Phi) is 6.71. The minimum atomic E-state index is -0.118. The molecule has 0 bridgehead atoms. The summed E-state index contributed by atoms with van der Waals surface area (Å²) >= 11 is 0. The van der Waals surface area contributed by atoms with E-state index < -0.39 is 0 Å². The van der Waals surface area contributed by atoms with E-state index in [9.17, 15) is 9.59 Å². The number of nitrogens with two attached hydrogens (primary N) is 1. The van der Waals surface area contributed by atoms with Crippen LogP contribution in [-0.2, 0) is 9.59 Å². The van der Waals surface area contributed by atoms with Gasteiger partial charge < -0.3 is 16.0 Å². The van der Waals surface area contributed by atoms with E-state index in [2.05, 4.69) is 41.9 Å². The van der Waals surface area contributed by atoms with Crippen molar-refractivity contribution in [3.05, 3.63) is 60.2 Å². The van der Waals surface area contributed by atoms with E-state index in [1.54, 1.807) is 24.3 Å². The highest BCUT2D eigenvalue weighted by molar-refractivity contribution is 5.92. The van der Waals surface area contributed by atoms with E-state index in [4.69, 9.17) is 0 Å². The number of rotatable bonds is 7. The first kappa shape index (κ1) is 18.7. The van der Waals surface area contributed by atoms with Gasteiger partial charge in [-0.25, -0.2) is 0 Å². The van der Waals surface area contributed by atoms with Crippen molar-refractivity contribution in [3.63, 3.8) is 0 Å². The number of quaternary nitrogens is 1. The zero-order valence-corrected chi connectivity index (χ0v) is 15.0. The van der Waals surface area contributed by atoms with Gasteiger partial charge >= 0.3 is 0 Å². The Balaban J connectivity index is 1.90. The SMILES string of the molecule is CC(=O)Nc1ccc(NC(=O)C[NH2+][C@@H](c2ccccc2)C(C)C)cc1. The second-order valence-corrected chi connectivity index (χ2v) is 6.43. The van der Waals surface area contributed by atoms with E-state index in [0.29, 0.717) is 23.8 Å². The highest BCUT2D eigenvalue weighted by atomic mass is 16.2. The van der Waals surface area contributed by atoms with E-state index >= 15 is 0 Å². The fraction of sp³-hybridized carbons (Fsp3) is 0.300. The summed E-state index contributed by atoms with van der Waals surface area (Å²) in [5.74, 6) is 0.257. The zero-order valence-electron chi connectivity index (χ0n) is 15.0. The Morgan fingerprint density at radius 1 is 0.920 bits per heavy atom. The van der Waals surface area contributed by atoms with Crippen LogP contribution in [0.3, 0.4) is 0 Å². The third-order valence-electron chi connectivity index (χ3n) is 3.95. The maximum Gasteiger partial charge on any atom is 0.279 e. The Morgan fingerprint density at radius 2 is 1.48 bits per heavy atom. The average Bonchev–Trinajstić information content (AvgIpc) is 2.57. The van der Waals surface area contributed by atoms with Crippen molar-refractivity contribution in [2.24, 2.45) is 5.92 Å². The van der Waals surface area contributed by atoms with Crippen LogP contribution in [-0.4, -0.2) is 18.4 Å². The van der Waals surface area contributed by atoms with Gasteiger partial charge in [0, 0.05) is 29.8 Å². The molecule has 2 rings (SSSR count). The van der Waals surface area contributed by atoms with Crippen LogP contribution in [0.1, 0.15) is 32.4 Å². The van der Waals surface area contributed by atoms with Crippen molar-refractivity contribution < 1.29 is 14.9 Å². The van der Waals surface area contributed by atoms with Crippen LogP contribution in [0.4, 0.5) is 11.4 Å². The largest absolute Gasteiger partial charge is 0.332 e.